The molecular weight excluding hydrogens is 256 g/mol. The van der Waals surface area contributed by atoms with Crippen LogP contribution in [-0.2, 0) is 10.4 Å². The van der Waals surface area contributed by atoms with E-state index in [1.54, 1.807) is 24.3 Å². The molecule has 0 spiro atoms. The van der Waals surface area contributed by atoms with Crippen LogP contribution in [0, 0.1) is 0 Å². The molecule has 0 atom stereocenters. The molecule has 0 amide bonds. The molecule has 92 valence electrons. The first-order valence-electron chi connectivity index (χ1n) is 5.12. The Bertz CT molecular complexity index is 832. The van der Waals surface area contributed by atoms with Crippen LogP contribution in [0.3, 0.4) is 0 Å². The highest BCUT2D eigenvalue weighted by atomic mass is 32.3. The summed E-state index contributed by atoms with van der Waals surface area (Å²) in [4.78, 5) is 0. The lowest BCUT2D eigenvalue weighted by atomic mass is 10.1. The molecule has 5 nitrogen and oxygen atoms in total. The smallest absolute Gasteiger partial charge is 0.446 e. The molecule has 2 aromatic carbocycles. The van der Waals surface area contributed by atoms with Crippen LogP contribution >= 0.6 is 0 Å². The van der Waals surface area contributed by atoms with Crippen molar-refractivity contribution in [1.29, 1.82) is 0 Å². The summed E-state index contributed by atoms with van der Waals surface area (Å²) in [6.45, 7) is 0. The van der Waals surface area contributed by atoms with E-state index in [1.165, 1.54) is 6.07 Å². The first-order chi connectivity index (χ1) is 8.54. The van der Waals surface area contributed by atoms with Crippen molar-refractivity contribution in [2.45, 2.75) is 0 Å². The van der Waals surface area contributed by atoms with Gasteiger partial charge >= 0.3 is 10.4 Å². The van der Waals surface area contributed by atoms with Crippen LogP contribution in [0.2, 0.25) is 0 Å². The molecule has 0 saturated carbocycles. The zero-order chi connectivity index (χ0) is 12.8. The molecule has 1 N–H and O–H groups in total. The van der Waals surface area contributed by atoms with Gasteiger partial charge in [0.2, 0.25) is 0 Å². The molecule has 6 heteroatoms. The van der Waals surface area contributed by atoms with Gasteiger partial charge in [0, 0.05) is 5.39 Å². The van der Waals surface area contributed by atoms with Crippen molar-refractivity contribution < 1.29 is 21.6 Å². The second kappa shape index (κ2) is 3.72. The first-order valence-corrected chi connectivity index (χ1v) is 6.48. The minimum Gasteiger partial charge on any atom is -0.456 e. The summed E-state index contributed by atoms with van der Waals surface area (Å²) >= 11 is 0. The second-order valence-electron chi connectivity index (χ2n) is 3.74. The summed E-state index contributed by atoms with van der Waals surface area (Å²) in [5, 5.41) is 1.25. The zero-order valence-corrected chi connectivity index (χ0v) is 9.85. The molecule has 0 radical (unpaired) electrons. The third-order valence-electron chi connectivity index (χ3n) is 2.56. The molecule has 3 rings (SSSR count). The lowest BCUT2D eigenvalue weighted by molar-refractivity contribution is 0.388. The van der Waals surface area contributed by atoms with E-state index in [-0.39, 0.29) is 5.75 Å². The number of benzene rings is 2. The fraction of sp³-hybridized carbons (Fsp3) is 0. The summed E-state index contributed by atoms with van der Waals surface area (Å²) in [7, 11) is -4.56. The number of furan rings is 1. The normalized spacial score (nSPS) is 12.1. The van der Waals surface area contributed by atoms with Gasteiger partial charge in [0.15, 0.2) is 5.75 Å². The van der Waals surface area contributed by atoms with Crippen molar-refractivity contribution in [1.82, 2.24) is 0 Å². The van der Waals surface area contributed by atoms with Crippen molar-refractivity contribution in [2.75, 3.05) is 0 Å². The van der Waals surface area contributed by atoms with Crippen molar-refractivity contribution in [3.8, 4) is 5.75 Å². The Labute approximate surface area is 103 Å². The molecule has 3 aromatic rings. The Kier molecular flexibility index (Phi) is 2.29. The van der Waals surface area contributed by atoms with Gasteiger partial charge in [0.05, 0.1) is 5.39 Å². The standard InChI is InChI=1S/C12H8O5S/c13-18(14,15)17-11-7-3-6-10-12(11)8-4-1-2-5-9(8)16-10/h1-7H,(H,13,14,15). The highest BCUT2D eigenvalue weighted by molar-refractivity contribution is 7.81. The topological polar surface area (TPSA) is 76.7 Å². The van der Waals surface area contributed by atoms with Crippen molar-refractivity contribution in [2.24, 2.45) is 0 Å². The van der Waals surface area contributed by atoms with E-state index < -0.39 is 10.4 Å². The number of hydrogen-bond donors (Lipinski definition) is 1. The lowest BCUT2D eigenvalue weighted by Crippen LogP contribution is -2.06. The summed E-state index contributed by atoms with van der Waals surface area (Å²) < 4.78 is 40.5. The summed E-state index contributed by atoms with van der Waals surface area (Å²) in [6.07, 6.45) is 0. The predicted molar refractivity (Wildman–Crippen MR) is 65.9 cm³/mol. The van der Waals surface area contributed by atoms with Crippen LogP contribution in [0.25, 0.3) is 21.9 Å². The number of para-hydroxylation sites is 1. The lowest BCUT2D eigenvalue weighted by Gasteiger charge is -2.02. The quantitative estimate of drug-likeness (QED) is 0.720. The molecule has 0 aliphatic heterocycles. The maximum absolute atomic E-state index is 10.8. The molecule has 0 aliphatic rings. The molecule has 18 heavy (non-hydrogen) atoms. The van der Waals surface area contributed by atoms with Gasteiger partial charge < -0.3 is 8.60 Å². The Morgan fingerprint density at radius 3 is 2.50 bits per heavy atom. The van der Waals surface area contributed by atoms with Crippen molar-refractivity contribution >= 4 is 32.3 Å². The molecule has 0 saturated heterocycles. The fourth-order valence-electron chi connectivity index (χ4n) is 1.93. The minimum atomic E-state index is -4.56. The maximum atomic E-state index is 10.8. The SMILES string of the molecule is O=S(=O)(O)Oc1cccc2oc3ccccc3c12. The Morgan fingerprint density at radius 2 is 1.72 bits per heavy atom. The van der Waals surface area contributed by atoms with Gasteiger partial charge in [-0.2, -0.15) is 8.42 Å². The minimum absolute atomic E-state index is 0.0416. The average Bonchev–Trinajstić information content (AvgIpc) is 2.66. The summed E-state index contributed by atoms with van der Waals surface area (Å²) in [6, 6.07) is 11.9. The van der Waals surface area contributed by atoms with Gasteiger partial charge in [0.25, 0.3) is 0 Å². The maximum Gasteiger partial charge on any atom is 0.446 e. The van der Waals surface area contributed by atoms with E-state index in [0.29, 0.717) is 16.6 Å². The molecule has 1 aromatic heterocycles. The first kappa shape index (κ1) is 11.1. The van der Waals surface area contributed by atoms with Gasteiger partial charge in [-0.15, -0.1) is 0 Å². The van der Waals surface area contributed by atoms with E-state index in [4.69, 9.17) is 8.97 Å². The highest BCUT2D eigenvalue weighted by Crippen LogP contribution is 2.35. The molecule has 0 aliphatic carbocycles. The third-order valence-corrected chi connectivity index (χ3v) is 2.95. The molecule has 0 fully saturated rings. The molecular formula is C12H8O5S. The number of fused-ring (bicyclic) bond motifs is 3. The second-order valence-corrected chi connectivity index (χ2v) is 4.76. The Morgan fingerprint density at radius 1 is 1.00 bits per heavy atom. The molecule has 1 heterocycles. The van der Waals surface area contributed by atoms with Crippen molar-refractivity contribution in [3.05, 3.63) is 42.5 Å². The molecule has 0 bridgehead atoms. The monoisotopic (exact) mass is 264 g/mol. The summed E-state index contributed by atoms with van der Waals surface area (Å²) in [5.74, 6) is 0.0416. The van der Waals surface area contributed by atoms with Gasteiger partial charge in [-0.05, 0) is 18.2 Å². The average molecular weight is 264 g/mol. The van der Waals surface area contributed by atoms with Crippen LogP contribution in [0.15, 0.2) is 46.9 Å². The van der Waals surface area contributed by atoms with Crippen LogP contribution in [0.5, 0.6) is 5.75 Å². The highest BCUT2D eigenvalue weighted by Gasteiger charge is 2.15. The van der Waals surface area contributed by atoms with E-state index >= 15 is 0 Å². The number of rotatable bonds is 2. The Hall–Kier alpha value is -2.05. The van der Waals surface area contributed by atoms with E-state index in [9.17, 15) is 8.42 Å². The van der Waals surface area contributed by atoms with Crippen molar-refractivity contribution in [3.63, 3.8) is 0 Å². The van der Waals surface area contributed by atoms with Crippen LogP contribution < -0.4 is 4.18 Å². The van der Waals surface area contributed by atoms with Gasteiger partial charge in [-0.3, -0.25) is 4.55 Å². The van der Waals surface area contributed by atoms with E-state index in [1.807, 2.05) is 12.1 Å². The van der Waals surface area contributed by atoms with Gasteiger partial charge in [0.1, 0.15) is 11.2 Å². The van der Waals surface area contributed by atoms with Crippen LogP contribution in [0.4, 0.5) is 0 Å². The Balaban J connectivity index is 2.38. The van der Waals surface area contributed by atoms with Gasteiger partial charge in [-0.1, -0.05) is 24.3 Å². The van der Waals surface area contributed by atoms with Crippen LogP contribution in [0.1, 0.15) is 0 Å². The van der Waals surface area contributed by atoms with Crippen LogP contribution in [-0.4, -0.2) is 13.0 Å². The number of hydrogen-bond acceptors (Lipinski definition) is 4. The molecule has 0 unspecified atom stereocenters. The fourth-order valence-corrected chi connectivity index (χ4v) is 2.29. The third kappa shape index (κ3) is 1.81. The zero-order valence-electron chi connectivity index (χ0n) is 9.03. The van der Waals surface area contributed by atoms with E-state index in [0.717, 1.165) is 5.39 Å². The largest absolute Gasteiger partial charge is 0.456 e. The summed E-state index contributed by atoms with van der Waals surface area (Å²) in [5.41, 5.74) is 1.12. The predicted octanol–water partition coefficient (Wildman–Crippen LogP) is 2.77. The van der Waals surface area contributed by atoms with E-state index in [2.05, 4.69) is 4.18 Å². The van der Waals surface area contributed by atoms with Gasteiger partial charge in [-0.25, -0.2) is 0 Å².